The van der Waals surface area contributed by atoms with E-state index in [2.05, 4.69) is 22.7 Å². The minimum absolute atomic E-state index is 0.000665. The predicted octanol–water partition coefficient (Wildman–Crippen LogP) is 0.788. The molecule has 0 bridgehead atoms. The van der Waals surface area contributed by atoms with Crippen LogP contribution >= 0.6 is 12.6 Å². The number of rotatable bonds is 5. The van der Waals surface area contributed by atoms with E-state index < -0.39 is 17.7 Å². The Labute approximate surface area is 132 Å². The molecule has 1 aromatic rings. The summed E-state index contributed by atoms with van der Waals surface area (Å²) in [5.41, 5.74) is 0.0924. The molecule has 1 heterocycles. The van der Waals surface area contributed by atoms with Crippen LogP contribution in [0, 0.1) is 5.82 Å². The van der Waals surface area contributed by atoms with Crippen molar-refractivity contribution in [1.29, 1.82) is 0 Å². The summed E-state index contributed by atoms with van der Waals surface area (Å²) in [5, 5.41) is 11.6. The molecular weight excluding hydrogens is 311 g/mol. The fraction of sp³-hybridized carbons (Fsp3) is 0.286. The number of anilines is 1. The largest absolute Gasteiger partial charge is 0.466 e. The molecule has 0 atom stereocenters. The fourth-order valence-corrected chi connectivity index (χ4v) is 2.28. The summed E-state index contributed by atoms with van der Waals surface area (Å²) in [6.07, 6.45) is 0. The lowest BCUT2D eigenvalue weighted by molar-refractivity contribution is -0.136. The van der Waals surface area contributed by atoms with Crippen molar-refractivity contribution in [3.05, 3.63) is 35.3 Å². The van der Waals surface area contributed by atoms with Gasteiger partial charge >= 0.3 is 5.97 Å². The molecule has 22 heavy (non-hydrogen) atoms. The average molecular weight is 326 g/mol. The Morgan fingerprint density at radius 3 is 2.86 bits per heavy atom. The van der Waals surface area contributed by atoms with Crippen molar-refractivity contribution >= 4 is 30.2 Å². The molecule has 0 saturated carbocycles. The zero-order chi connectivity index (χ0) is 16.3. The van der Waals surface area contributed by atoms with Gasteiger partial charge < -0.3 is 20.1 Å². The number of esters is 1. The molecule has 0 aromatic heterocycles. The van der Waals surface area contributed by atoms with E-state index in [0.717, 1.165) is 0 Å². The zero-order valence-electron chi connectivity index (χ0n) is 11.8. The summed E-state index contributed by atoms with van der Waals surface area (Å²) in [6.45, 7) is -0.167. The van der Waals surface area contributed by atoms with E-state index in [9.17, 15) is 14.0 Å². The SMILES string of the molecule is COC(=O)C1=C(Nc2ccc(S)cc2F)C(=O)N(CCO)C1. The molecule has 0 fully saturated rings. The van der Waals surface area contributed by atoms with Gasteiger partial charge in [0.15, 0.2) is 0 Å². The summed E-state index contributed by atoms with van der Waals surface area (Å²) in [4.78, 5) is 25.8. The molecule has 1 aromatic carbocycles. The summed E-state index contributed by atoms with van der Waals surface area (Å²) in [6, 6.07) is 4.16. The van der Waals surface area contributed by atoms with Crippen LogP contribution in [0.2, 0.25) is 0 Å². The Morgan fingerprint density at radius 2 is 2.27 bits per heavy atom. The molecule has 2 rings (SSSR count). The minimum atomic E-state index is -0.678. The second-order valence-corrected chi connectivity index (χ2v) is 5.10. The number of amides is 1. The van der Waals surface area contributed by atoms with Crippen molar-refractivity contribution in [2.24, 2.45) is 0 Å². The van der Waals surface area contributed by atoms with Gasteiger partial charge in [-0.2, -0.15) is 0 Å². The molecule has 0 saturated heterocycles. The number of β-amino-alcohol motifs (C(OH)–C–C–N with tert-alkyl or cyclic N) is 1. The van der Waals surface area contributed by atoms with Gasteiger partial charge in [-0.15, -0.1) is 12.6 Å². The van der Waals surface area contributed by atoms with E-state index in [0.29, 0.717) is 4.90 Å². The number of carbonyl (C=O) groups is 2. The van der Waals surface area contributed by atoms with Crippen LogP contribution in [0.1, 0.15) is 0 Å². The molecule has 1 aliphatic heterocycles. The van der Waals surface area contributed by atoms with Gasteiger partial charge in [0.25, 0.3) is 5.91 Å². The molecule has 0 aliphatic carbocycles. The molecule has 6 nitrogen and oxygen atoms in total. The van der Waals surface area contributed by atoms with Crippen LogP contribution < -0.4 is 5.32 Å². The van der Waals surface area contributed by atoms with Gasteiger partial charge in [-0.3, -0.25) is 4.79 Å². The van der Waals surface area contributed by atoms with Gasteiger partial charge in [-0.25, -0.2) is 9.18 Å². The summed E-state index contributed by atoms with van der Waals surface area (Å²) < 4.78 is 18.5. The van der Waals surface area contributed by atoms with Crippen molar-refractivity contribution in [1.82, 2.24) is 4.90 Å². The lowest BCUT2D eigenvalue weighted by Crippen LogP contribution is -2.31. The predicted molar refractivity (Wildman–Crippen MR) is 80.0 cm³/mol. The molecule has 0 radical (unpaired) electrons. The third kappa shape index (κ3) is 3.23. The molecule has 0 spiro atoms. The molecule has 1 amide bonds. The van der Waals surface area contributed by atoms with E-state index in [1.807, 2.05) is 0 Å². The highest BCUT2D eigenvalue weighted by molar-refractivity contribution is 7.80. The monoisotopic (exact) mass is 326 g/mol. The Hall–Kier alpha value is -2.06. The number of hydrogen-bond donors (Lipinski definition) is 3. The van der Waals surface area contributed by atoms with Gasteiger partial charge in [0.2, 0.25) is 0 Å². The number of hydrogen-bond acceptors (Lipinski definition) is 6. The highest BCUT2D eigenvalue weighted by Gasteiger charge is 2.34. The number of benzene rings is 1. The molecular formula is C14H15FN2O4S. The third-order valence-electron chi connectivity index (χ3n) is 3.17. The molecule has 2 N–H and O–H groups in total. The van der Waals surface area contributed by atoms with Crippen molar-refractivity contribution in [3.63, 3.8) is 0 Å². The minimum Gasteiger partial charge on any atom is -0.466 e. The lowest BCUT2D eigenvalue weighted by atomic mass is 10.2. The van der Waals surface area contributed by atoms with E-state index in [4.69, 9.17) is 5.11 Å². The van der Waals surface area contributed by atoms with Gasteiger partial charge in [-0.1, -0.05) is 0 Å². The first-order chi connectivity index (χ1) is 10.5. The first-order valence-electron chi connectivity index (χ1n) is 6.45. The fourth-order valence-electron chi connectivity index (χ4n) is 2.09. The van der Waals surface area contributed by atoms with Crippen LogP contribution in [0.5, 0.6) is 0 Å². The van der Waals surface area contributed by atoms with Crippen molar-refractivity contribution in [2.75, 3.05) is 32.1 Å². The number of aliphatic hydroxyl groups is 1. The van der Waals surface area contributed by atoms with Gasteiger partial charge in [-0.05, 0) is 18.2 Å². The maximum Gasteiger partial charge on any atom is 0.337 e. The number of ether oxygens (including phenoxy) is 1. The number of halogens is 1. The quantitative estimate of drug-likeness (QED) is 0.551. The average Bonchev–Trinajstić information content (AvgIpc) is 2.79. The Morgan fingerprint density at radius 1 is 1.55 bits per heavy atom. The lowest BCUT2D eigenvalue weighted by Gasteiger charge is -2.15. The number of nitrogens with zero attached hydrogens (tertiary/aromatic N) is 1. The van der Waals surface area contributed by atoms with Crippen LogP contribution in [0.3, 0.4) is 0 Å². The normalized spacial score (nSPS) is 14.5. The van der Waals surface area contributed by atoms with E-state index in [1.165, 1.54) is 24.1 Å². The van der Waals surface area contributed by atoms with Crippen molar-refractivity contribution in [2.45, 2.75) is 4.90 Å². The smallest absolute Gasteiger partial charge is 0.337 e. The van der Waals surface area contributed by atoms with Crippen LogP contribution in [0.15, 0.2) is 34.4 Å². The number of aliphatic hydroxyl groups excluding tert-OH is 1. The summed E-state index contributed by atoms with van der Waals surface area (Å²) >= 11 is 4.02. The Balaban J connectivity index is 2.34. The molecule has 8 heteroatoms. The maximum absolute atomic E-state index is 13.9. The van der Waals surface area contributed by atoms with E-state index in [1.54, 1.807) is 6.07 Å². The van der Waals surface area contributed by atoms with Crippen LogP contribution in [0.25, 0.3) is 0 Å². The van der Waals surface area contributed by atoms with Crippen molar-refractivity contribution in [3.8, 4) is 0 Å². The maximum atomic E-state index is 13.9. The summed E-state index contributed by atoms with van der Waals surface area (Å²) in [5.74, 6) is -1.77. The van der Waals surface area contributed by atoms with Crippen LogP contribution in [-0.4, -0.2) is 48.7 Å². The third-order valence-corrected chi connectivity index (χ3v) is 3.44. The Kier molecular flexibility index (Phi) is 5.04. The van der Waals surface area contributed by atoms with Crippen LogP contribution in [0.4, 0.5) is 10.1 Å². The highest BCUT2D eigenvalue weighted by atomic mass is 32.1. The number of nitrogens with one attached hydrogen (secondary N) is 1. The first-order valence-corrected chi connectivity index (χ1v) is 6.89. The van der Waals surface area contributed by atoms with Crippen LogP contribution in [-0.2, 0) is 14.3 Å². The van der Waals surface area contributed by atoms with Gasteiger partial charge in [0, 0.05) is 11.4 Å². The van der Waals surface area contributed by atoms with Gasteiger partial charge in [0.05, 0.1) is 31.5 Å². The second kappa shape index (κ2) is 6.80. The standard InChI is InChI=1S/C14H15FN2O4S/c1-21-14(20)9-7-17(4-5-18)13(19)12(9)16-11-3-2-8(22)6-10(11)15/h2-3,6,16,18,22H,4-5,7H2,1H3. The number of carbonyl (C=O) groups excluding carboxylic acids is 2. The highest BCUT2D eigenvalue weighted by Crippen LogP contribution is 2.25. The number of methoxy groups -OCH3 is 1. The van der Waals surface area contributed by atoms with E-state index in [-0.39, 0.29) is 36.7 Å². The molecule has 118 valence electrons. The van der Waals surface area contributed by atoms with Crippen molar-refractivity contribution < 1.29 is 23.8 Å². The second-order valence-electron chi connectivity index (χ2n) is 4.58. The van der Waals surface area contributed by atoms with E-state index >= 15 is 0 Å². The molecule has 1 aliphatic rings. The Bertz CT molecular complexity index is 648. The zero-order valence-corrected chi connectivity index (χ0v) is 12.7. The van der Waals surface area contributed by atoms with Gasteiger partial charge in [0.1, 0.15) is 11.5 Å². The topological polar surface area (TPSA) is 78.9 Å². The first kappa shape index (κ1) is 16.3. The summed E-state index contributed by atoms with van der Waals surface area (Å²) in [7, 11) is 1.20. The molecule has 0 unspecified atom stereocenters. The number of thiol groups is 1.